The fourth-order valence-corrected chi connectivity index (χ4v) is 2.02. The molecular formula is C16H25N3O. The van der Waals surface area contributed by atoms with Crippen LogP contribution in [0.1, 0.15) is 27.2 Å². The zero-order valence-electron chi connectivity index (χ0n) is 13.1. The van der Waals surface area contributed by atoms with Gasteiger partial charge in [0.2, 0.25) is 0 Å². The standard InChI is InChI=1S/C16H25N3O/c1-13(2)18-16(3,12-17)9-10-20-15-8-6-7-14(11-15)19(4)5/h6-8,11,13,18H,9-10H2,1-5H3. The maximum atomic E-state index is 9.27. The highest BCUT2D eigenvalue weighted by atomic mass is 16.5. The van der Waals surface area contributed by atoms with E-state index in [9.17, 15) is 5.26 Å². The van der Waals surface area contributed by atoms with E-state index in [1.54, 1.807) is 0 Å². The van der Waals surface area contributed by atoms with E-state index in [-0.39, 0.29) is 6.04 Å². The van der Waals surface area contributed by atoms with Crippen LogP contribution in [0.5, 0.6) is 5.75 Å². The Hall–Kier alpha value is -1.73. The van der Waals surface area contributed by atoms with Gasteiger partial charge >= 0.3 is 0 Å². The summed E-state index contributed by atoms with van der Waals surface area (Å²) >= 11 is 0. The fraction of sp³-hybridized carbons (Fsp3) is 0.562. The van der Waals surface area contributed by atoms with Crippen LogP contribution in [0.15, 0.2) is 24.3 Å². The molecule has 0 bridgehead atoms. The van der Waals surface area contributed by atoms with Crippen LogP contribution in [0.4, 0.5) is 5.69 Å². The van der Waals surface area contributed by atoms with Crippen LogP contribution in [-0.4, -0.2) is 32.3 Å². The minimum absolute atomic E-state index is 0.275. The molecule has 1 aromatic rings. The third kappa shape index (κ3) is 5.10. The highest BCUT2D eigenvalue weighted by Gasteiger charge is 2.24. The molecular weight excluding hydrogens is 250 g/mol. The summed E-state index contributed by atoms with van der Waals surface area (Å²) < 4.78 is 5.76. The molecule has 1 rings (SSSR count). The van der Waals surface area contributed by atoms with Gasteiger partial charge in [-0.3, -0.25) is 5.32 Å². The van der Waals surface area contributed by atoms with Gasteiger partial charge in [-0.15, -0.1) is 0 Å². The quantitative estimate of drug-likeness (QED) is 0.831. The molecule has 1 aromatic carbocycles. The van der Waals surface area contributed by atoms with Gasteiger partial charge in [0.05, 0.1) is 12.7 Å². The molecule has 1 atom stereocenters. The number of hydrogen-bond acceptors (Lipinski definition) is 4. The molecule has 20 heavy (non-hydrogen) atoms. The lowest BCUT2D eigenvalue weighted by atomic mass is 9.99. The smallest absolute Gasteiger partial charge is 0.121 e. The Morgan fingerprint density at radius 2 is 2.10 bits per heavy atom. The zero-order valence-corrected chi connectivity index (χ0v) is 13.1. The van der Waals surface area contributed by atoms with Crippen LogP contribution in [0.3, 0.4) is 0 Å². The molecule has 0 aromatic heterocycles. The monoisotopic (exact) mass is 275 g/mol. The third-order valence-corrected chi connectivity index (χ3v) is 3.06. The Morgan fingerprint density at radius 1 is 1.40 bits per heavy atom. The second kappa shape index (κ2) is 7.16. The molecule has 0 saturated carbocycles. The van der Waals surface area contributed by atoms with Gasteiger partial charge < -0.3 is 9.64 Å². The molecule has 0 saturated heterocycles. The van der Waals surface area contributed by atoms with Crippen LogP contribution in [0, 0.1) is 11.3 Å². The lowest BCUT2D eigenvalue weighted by molar-refractivity contribution is 0.260. The number of anilines is 1. The lowest BCUT2D eigenvalue weighted by Gasteiger charge is -2.25. The first kappa shape index (κ1) is 16.3. The molecule has 0 heterocycles. The van der Waals surface area contributed by atoms with E-state index in [1.807, 2.05) is 64.0 Å². The van der Waals surface area contributed by atoms with Crippen molar-refractivity contribution in [1.82, 2.24) is 5.32 Å². The van der Waals surface area contributed by atoms with Crippen molar-refractivity contribution in [2.45, 2.75) is 38.8 Å². The van der Waals surface area contributed by atoms with Gasteiger partial charge in [-0.2, -0.15) is 5.26 Å². The van der Waals surface area contributed by atoms with Crippen molar-refractivity contribution in [3.8, 4) is 11.8 Å². The Balaban J connectivity index is 2.55. The molecule has 0 aliphatic rings. The van der Waals surface area contributed by atoms with Crippen molar-refractivity contribution in [1.29, 1.82) is 5.26 Å². The van der Waals surface area contributed by atoms with E-state index >= 15 is 0 Å². The molecule has 0 spiro atoms. The molecule has 0 radical (unpaired) electrons. The lowest BCUT2D eigenvalue weighted by Crippen LogP contribution is -2.45. The molecule has 0 aliphatic carbocycles. The summed E-state index contributed by atoms with van der Waals surface area (Å²) in [5.41, 5.74) is 0.554. The second-order valence-electron chi connectivity index (χ2n) is 5.73. The maximum Gasteiger partial charge on any atom is 0.121 e. The van der Waals surface area contributed by atoms with E-state index in [1.165, 1.54) is 0 Å². The zero-order chi connectivity index (χ0) is 15.2. The van der Waals surface area contributed by atoms with Crippen molar-refractivity contribution in [3.63, 3.8) is 0 Å². The second-order valence-corrected chi connectivity index (χ2v) is 5.73. The Morgan fingerprint density at radius 3 is 2.65 bits per heavy atom. The number of hydrogen-bond donors (Lipinski definition) is 1. The van der Waals surface area contributed by atoms with Crippen LogP contribution < -0.4 is 15.0 Å². The minimum Gasteiger partial charge on any atom is -0.493 e. The van der Waals surface area contributed by atoms with E-state index in [2.05, 4.69) is 11.4 Å². The molecule has 4 heteroatoms. The number of nitrogens with zero attached hydrogens (tertiary/aromatic N) is 2. The molecule has 4 nitrogen and oxygen atoms in total. The van der Waals surface area contributed by atoms with Gasteiger partial charge in [-0.25, -0.2) is 0 Å². The summed E-state index contributed by atoms with van der Waals surface area (Å²) in [6.07, 6.45) is 0.647. The van der Waals surface area contributed by atoms with Crippen molar-refractivity contribution >= 4 is 5.69 Å². The Labute approximate surface area is 122 Å². The first-order valence-electron chi connectivity index (χ1n) is 6.95. The first-order chi connectivity index (χ1) is 9.36. The number of rotatable bonds is 7. The summed E-state index contributed by atoms with van der Waals surface area (Å²) in [6.45, 7) is 6.50. The number of nitriles is 1. The van der Waals surface area contributed by atoms with E-state index < -0.39 is 5.54 Å². The first-order valence-corrected chi connectivity index (χ1v) is 6.95. The van der Waals surface area contributed by atoms with Crippen molar-refractivity contribution in [2.75, 3.05) is 25.6 Å². The summed E-state index contributed by atoms with van der Waals surface area (Å²) in [5.74, 6) is 0.834. The van der Waals surface area contributed by atoms with Crippen molar-refractivity contribution < 1.29 is 4.74 Å². The van der Waals surface area contributed by atoms with Gasteiger partial charge in [0, 0.05) is 38.3 Å². The van der Waals surface area contributed by atoms with Gasteiger partial charge in [-0.05, 0) is 32.9 Å². The van der Waals surface area contributed by atoms with Crippen LogP contribution in [0.25, 0.3) is 0 Å². The van der Waals surface area contributed by atoms with E-state index in [0.29, 0.717) is 13.0 Å². The predicted octanol–water partition coefficient (Wildman–Crippen LogP) is 2.80. The minimum atomic E-state index is -0.548. The van der Waals surface area contributed by atoms with Crippen LogP contribution >= 0.6 is 0 Å². The van der Waals surface area contributed by atoms with Gasteiger partial charge in [0.1, 0.15) is 11.3 Å². The molecule has 0 amide bonds. The topological polar surface area (TPSA) is 48.3 Å². The highest BCUT2D eigenvalue weighted by molar-refractivity contribution is 5.49. The molecule has 0 fully saturated rings. The predicted molar refractivity (Wildman–Crippen MR) is 83.2 cm³/mol. The molecule has 1 unspecified atom stereocenters. The maximum absolute atomic E-state index is 9.27. The van der Waals surface area contributed by atoms with Crippen LogP contribution in [-0.2, 0) is 0 Å². The van der Waals surface area contributed by atoms with Crippen molar-refractivity contribution in [2.24, 2.45) is 0 Å². The number of nitrogens with one attached hydrogen (secondary N) is 1. The summed E-state index contributed by atoms with van der Waals surface area (Å²) in [4.78, 5) is 2.03. The Kier molecular flexibility index (Phi) is 5.84. The number of ether oxygens (including phenoxy) is 1. The summed E-state index contributed by atoms with van der Waals surface area (Å²) in [7, 11) is 4.00. The average Bonchev–Trinajstić information content (AvgIpc) is 2.38. The molecule has 0 aliphatic heterocycles. The van der Waals surface area contributed by atoms with E-state index in [4.69, 9.17) is 4.74 Å². The third-order valence-electron chi connectivity index (χ3n) is 3.06. The van der Waals surface area contributed by atoms with Gasteiger partial charge in [0.25, 0.3) is 0 Å². The summed E-state index contributed by atoms with van der Waals surface area (Å²) in [5, 5.41) is 12.5. The summed E-state index contributed by atoms with van der Waals surface area (Å²) in [6, 6.07) is 10.5. The molecule has 110 valence electrons. The van der Waals surface area contributed by atoms with E-state index in [0.717, 1.165) is 11.4 Å². The fourth-order valence-electron chi connectivity index (χ4n) is 2.02. The SMILES string of the molecule is CC(C)NC(C)(C#N)CCOc1cccc(N(C)C)c1. The van der Waals surface area contributed by atoms with Gasteiger partial charge in [0.15, 0.2) is 0 Å². The Bertz CT molecular complexity index is 465. The number of benzene rings is 1. The normalized spacial score (nSPS) is 13.7. The van der Waals surface area contributed by atoms with Crippen molar-refractivity contribution in [3.05, 3.63) is 24.3 Å². The van der Waals surface area contributed by atoms with Gasteiger partial charge in [-0.1, -0.05) is 6.07 Å². The average molecular weight is 275 g/mol. The molecule has 1 N–H and O–H groups in total. The van der Waals surface area contributed by atoms with Crippen LogP contribution in [0.2, 0.25) is 0 Å². The largest absolute Gasteiger partial charge is 0.493 e. The highest BCUT2D eigenvalue weighted by Crippen LogP contribution is 2.20.